The Labute approximate surface area is 448 Å². The zero-order chi connectivity index (χ0) is 60.6. The lowest BCUT2D eigenvalue weighted by atomic mass is 10.00. The molecule has 0 saturated carbocycles. The second kappa shape index (κ2) is 29.6. The van der Waals surface area contributed by atoms with Crippen molar-refractivity contribution in [1.82, 2.24) is 0 Å². The predicted octanol–water partition coefficient (Wildman–Crippen LogP) is 19.3. The van der Waals surface area contributed by atoms with Crippen LogP contribution in [0.15, 0.2) is 12.2 Å². The second-order valence-electron chi connectivity index (χ2n) is 22.7. The molecule has 0 aromatic carbocycles. The van der Waals surface area contributed by atoms with Gasteiger partial charge >= 0.3 is 47.9 Å². The number of rotatable bonds is 31. The van der Waals surface area contributed by atoms with Gasteiger partial charge in [-0.3, -0.25) is 0 Å². The maximum absolute atomic E-state index is 14.7. The molecule has 0 aromatic rings. The summed E-state index contributed by atoms with van der Waals surface area (Å²) < 4.78 is 260. The number of halogens is 18. The van der Waals surface area contributed by atoms with Crippen molar-refractivity contribution in [3.63, 3.8) is 0 Å². The molecule has 0 amide bonds. The standard InChI is InChI=1S/C53H82F18O3Si3/c1-39(2)76(40(3)4,36-27-33-46(54,55)48(58,59)50(62,63)52(66,67)68)73-43(30-24-21-18-22-26-35-72)29-23-19-16-14-15-17-20-25-31-44(32-38-75(12,13)45(9,10)11)74-77(41(5)6,42(7)8)37-28-34-47(56,57)49(60,61)51(64,65)53(69,70)71/h25,31,39-44,72H,14-22,26-28,33-37H2,1-13H3/b31-25+/t43-,44-/m1/s1. The van der Waals surface area contributed by atoms with E-state index in [1.807, 2.05) is 39.9 Å². The van der Waals surface area contributed by atoms with Crippen LogP contribution in [0.5, 0.6) is 0 Å². The van der Waals surface area contributed by atoms with Crippen LogP contribution < -0.4 is 0 Å². The molecule has 0 aromatic heterocycles. The highest BCUT2D eigenvalue weighted by molar-refractivity contribution is 6.87. The zero-order valence-corrected chi connectivity index (χ0v) is 49.7. The number of unbranched alkanes of at least 4 members (excludes halogenated alkanes) is 8. The lowest BCUT2D eigenvalue weighted by Gasteiger charge is -2.41. The number of allylic oxidation sites excluding steroid dienone is 1. The van der Waals surface area contributed by atoms with Gasteiger partial charge in [0.25, 0.3) is 0 Å². The monoisotopic (exact) mass is 1190 g/mol. The van der Waals surface area contributed by atoms with Crippen molar-refractivity contribution in [3.8, 4) is 35.1 Å². The van der Waals surface area contributed by atoms with E-state index >= 15 is 0 Å². The quantitative estimate of drug-likeness (QED) is 0.0247. The van der Waals surface area contributed by atoms with Gasteiger partial charge in [-0.1, -0.05) is 144 Å². The van der Waals surface area contributed by atoms with Gasteiger partial charge in [0.05, 0.1) is 0 Å². The van der Waals surface area contributed by atoms with Crippen molar-refractivity contribution < 1.29 is 93.0 Å². The molecule has 0 unspecified atom stereocenters. The van der Waals surface area contributed by atoms with Gasteiger partial charge in [0.1, 0.15) is 14.2 Å². The molecule has 2 atom stereocenters. The van der Waals surface area contributed by atoms with E-state index in [1.165, 1.54) is 0 Å². The van der Waals surface area contributed by atoms with E-state index in [4.69, 9.17) is 14.0 Å². The van der Waals surface area contributed by atoms with Crippen LogP contribution >= 0.6 is 0 Å². The fourth-order valence-electron chi connectivity index (χ4n) is 8.44. The number of aliphatic hydroxyl groups is 1. The topological polar surface area (TPSA) is 38.7 Å². The molecular formula is C53H82F18O3Si3. The average Bonchev–Trinajstić information content (AvgIpc) is 3.26. The Kier molecular flexibility index (Phi) is 28.7. The summed E-state index contributed by atoms with van der Waals surface area (Å²) in [6.07, 6.45) is -12.2. The molecule has 77 heavy (non-hydrogen) atoms. The lowest BCUT2D eigenvalue weighted by molar-refractivity contribution is -0.396. The van der Waals surface area contributed by atoms with Crippen LogP contribution in [0.1, 0.15) is 166 Å². The van der Waals surface area contributed by atoms with Crippen molar-refractivity contribution >= 4 is 24.7 Å². The molecule has 0 aliphatic carbocycles. The van der Waals surface area contributed by atoms with E-state index in [0.717, 1.165) is 0 Å². The summed E-state index contributed by atoms with van der Waals surface area (Å²) in [4.78, 5) is 0. The fourth-order valence-corrected chi connectivity index (χ4v) is 18.2. The Morgan fingerprint density at radius 2 is 0.831 bits per heavy atom. The molecule has 24 heteroatoms. The van der Waals surface area contributed by atoms with Gasteiger partial charge in [-0.05, 0) is 90.3 Å². The van der Waals surface area contributed by atoms with Gasteiger partial charge in [-0.25, -0.2) is 0 Å². The molecule has 0 bridgehead atoms. The van der Waals surface area contributed by atoms with E-state index in [2.05, 4.69) is 35.1 Å². The Morgan fingerprint density at radius 3 is 1.18 bits per heavy atom. The maximum Gasteiger partial charge on any atom is 0.460 e. The summed E-state index contributed by atoms with van der Waals surface area (Å²) >= 11 is 0. The molecule has 0 rings (SSSR count). The summed E-state index contributed by atoms with van der Waals surface area (Å²) in [7, 11) is -8.99. The van der Waals surface area contributed by atoms with Crippen molar-refractivity contribution in [2.24, 2.45) is 0 Å². The smallest absolute Gasteiger partial charge is 0.399 e. The summed E-state index contributed by atoms with van der Waals surface area (Å²) in [5.74, 6) is -23.7. The molecule has 0 aliphatic rings. The summed E-state index contributed by atoms with van der Waals surface area (Å²) in [6, 6.07) is -0.573. The number of hydrogen-bond donors (Lipinski definition) is 1. The number of alkyl halides is 18. The Morgan fingerprint density at radius 1 is 0.468 bits per heavy atom. The summed E-state index contributed by atoms with van der Waals surface area (Å²) in [6.45, 7) is 23.9. The van der Waals surface area contributed by atoms with Crippen LogP contribution in [0.2, 0.25) is 52.4 Å². The highest BCUT2D eigenvalue weighted by atomic mass is 28.4. The zero-order valence-electron chi connectivity index (χ0n) is 46.7. The molecule has 0 spiro atoms. The highest BCUT2D eigenvalue weighted by Crippen LogP contribution is 2.56. The third kappa shape index (κ3) is 20.0. The van der Waals surface area contributed by atoms with Crippen LogP contribution in [0, 0.1) is 35.1 Å². The van der Waals surface area contributed by atoms with Gasteiger partial charge in [-0.15, -0.1) is 5.54 Å². The minimum Gasteiger partial charge on any atom is -0.399 e. The minimum atomic E-state index is -6.99. The highest BCUT2D eigenvalue weighted by Gasteiger charge is 2.82. The van der Waals surface area contributed by atoms with E-state index in [1.54, 1.807) is 61.5 Å². The number of aliphatic hydroxyl groups excluding tert-OH is 1. The molecule has 3 nitrogen and oxygen atoms in total. The van der Waals surface area contributed by atoms with Gasteiger partial charge in [-0.2, -0.15) is 79.0 Å². The van der Waals surface area contributed by atoms with Crippen LogP contribution in [-0.4, -0.2) is 96.5 Å². The first-order chi connectivity index (χ1) is 34.7. The molecule has 0 radical (unpaired) electrons. The number of hydrogen-bond acceptors (Lipinski definition) is 3. The van der Waals surface area contributed by atoms with Gasteiger partial charge < -0.3 is 14.0 Å². The average molecular weight is 1190 g/mol. The van der Waals surface area contributed by atoms with Gasteiger partial charge in [0.2, 0.25) is 8.32 Å². The SMILES string of the molecule is CC(C)[Si](CCCC(F)(F)C(F)(F)C(F)(F)C(F)(F)F)(O[C@@H](C#CCCCCCO)C#CCCCCCC/C=C/[C@H](C#C[Si](C)(C)C(C)(C)C)O[Si](CCCC(F)(F)C(F)(F)C(F)(F)C(F)(F)F)(C(C)C)C(C)C)C(C)C. The normalized spacial score (nSPS) is 15.2. The van der Waals surface area contributed by atoms with Crippen molar-refractivity contribution in [2.45, 2.75) is 279 Å². The Balaban J connectivity index is 6.40. The second-order valence-corrected chi connectivity index (χ2v) is 37.6. The van der Waals surface area contributed by atoms with Gasteiger partial charge in [0.15, 0.2) is 14.4 Å². The van der Waals surface area contributed by atoms with Gasteiger partial charge in [0, 0.05) is 32.3 Å². The molecular weight excluding hydrogens is 1110 g/mol. The van der Waals surface area contributed by atoms with E-state index < -0.39 is 122 Å². The van der Waals surface area contributed by atoms with E-state index in [-0.39, 0.29) is 34.8 Å². The molecule has 1 N–H and O–H groups in total. The first kappa shape index (κ1) is 74.7. The minimum absolute atomic E-state index is 0.0218. The largest absolute Gasteiger partial charge is 0.460 e. The molecule has 0 fully saturated rings. The maximum atomic E-state index is 14.7. The summed E-state index contributed by atoms with van der Waals surface area (Å²) in [5.41, 5.74) is 1.86. The predicted molar refractivity (Wildman–Crippen MR) is 274 cm³/mol. The van der Waals surface area contributed by atoms with Crippen molar-refractivity contribution in [3.05, 3.63) is 12.2 Å². The first-order valence-corrected chi connectivity index (χ1v) is 33.7. The molecule has 0 saturated heterocycles. The Hall–Kier alpha value is -2.31. The third-order valence-electron chi connectivity index (χ3n) is 14.7. The fraction of sp³-hybridized carbons (Fsp3) is 0.849. The van der Waals surface area contributed by atoms with Crippen LogP contribution in [0.4, 0.5) is 79.0 Å². The Bertz CT molecular complexity index is 1980. The molecule has 450 valence electrons. The molecule has 0 aliphatic heterocycles. The lowest BCUT2D eigenvalue weighted by Crippen LogP contribution is -2.60. The van der Waals surface area contributed by atoms with Crippen molar-refractivity contribution in [2.75, 3.05) is 6.61 Å². The summed E-state index contributed by atoms with van der Waals surface area (Å²) in [5, 5.41) is 8.91. The van der Waals surface area contributed by atoms with E-state index in [9.17, 15) is 79.0 Å². The van der Waals surface area contributed by atoms with Crippen molar-refractivity contribution in [1.29, 1.82) is 0 Å². The van der Waals surface area contributed by atoms with E-state index in [0.29, 0.717) is 64.2 Å². The van der Waals surface area contributed by atoms with Crippen LogP contribution in [-0.2, 0) is 8.85 Å². The van der Waals surface area contributed by atoms with Crippen LogP contribution in [0.3, 0.4) is 0 Å². The third-order valence-corrected chi connectivity index (χ3v) is 30.7. The first-order valence-electron chi connectivity index (χ1n) is 26.2. The van der Waals surface area contributed by atoms with Crippen LogP contribution in [0.25, 0.3) is 0 Å². The molecule has 0 heterocycles.